The van der Waals surface area contributed by atoms with Crippen LogP contribution < -0.4 is 5.32 Å². The Bertz CT molecular complexity index is 1040. The van der Waals surface area contributed by atoms with Crippen LogP contribution in [-0.2, 0) is 26.5 Å². The van der Waals surface area contributed by atoms with Crippen LogP contribution in [0.5, 0.6) is 0 Å². The molecule has 1 N–H and O–H groups in total. The van der Waals surface area contributed by atoms with Crippen molar-refractivity contribution >= 4 is 40.4 Å². The molecule has 0 fully saturated rings. The van der Waals surface area contributed by atoms with Gasteiger partial charge in [0.2, 0.25) is 5.76 Å². The molecule has 1 atom stereocenters. The lowest BCUT2D eigenvalue weighted by Crippen LogP contribution is -2.43. The van der Waals surface area contributed by atoms with Crippen molar-refractivity contribution in [1.82, 2.24) is 5.32 Å². The Labute approximate surface area is 179 Å². The van der Waals surface area contributed by atoms with E-state index in [0.29, 0.717) is 17.8 Å². The van der Waals surface area contributed by atoms with Crippen LogP contribution in [0.4, 0.5) is 0 Å². The summed E-state index contributed by atoms with van der Waals surface area (Å²) in [6.07, 6.45) is 2.30. The predicted molar refractivity (Wildman–Crippen MR) is 116 cm³/mol. The van der Waals surface area contributed by atoms with Gasteiger partial charge in [-0.1, -0.05) is 48.5 Å². The van der Waals surface area contributed by atoms with Crippen molar-refractivity contribution in [3.63, 3.8) is 0 Å². The van der Waals surface area contributed by atoms with E-state index in [1.807, 2.05) is 54.8 Å². The molecule has 3 aromatic rings. The number of amides is 1. The van der Waals surface area contributed by atoms with E-state index in [1.54, 1.807) is 17.8 Å². The van der Waals surface area contributed by atoms with E-state index in [0.717, 1.165) is 16.5 Å². The van der Waals surface area contributed by atoms with Crippen LogP contribution in [-0.4, -0.2) is 36.6 Å². The van der Waals surface area contributed by atoms with Gasteiger partial charge in [0.1, 0.15) is 5.58 Å². The van der Waals surface area contributed by atoms with Crippen LogP contribution in [0.3, 0.4) is 0 Å². The molecule has 2 aromatic carbocycles. The predicted octanol–water partition coefficient (Wildman–Crippen LogP) is 3.77. The summed E-state index contributed by atoms with van der Waals surface area (Å²) in [6.45, 7) is 0.927. The van der Waals surface area contributed by atoms with Crippen molar-refractivity contribution in [2.45, 2.75) is 25.1 Å². The van der Waals surface area contributed by atoms with Gasteiger partial charge in [-0.05, 0) is 31.2 Å². The summed E-state index contributed by atoms with van der Waals surface area (Å²) in [4.78, 5) is 36.8. The Kier molecular flexibility index (Phi) is 7.30. The van der Waals surface area contributed by atoms with E-state index in [-0.39, 0.29) is 11.5 Å². The molecule has 0 spiro atoms. The number of carbonyl (C=O) groups is 3. The Morgan fingerprint density at radius 1 is 1.07 bits per heavy atom. The maximum absolute atomic E-state index is 12.6. The second-order valence-electron chi connectivity index (χ2n) is 6.84. The van der Waals surface area contributed by atoms with E-state index >= 15 is 0 Å². The number of esters is 1. The van der Waals surface area contributed by atoms with Crippen LogP contribution in [0.1, 0.15) is 28.6 Å². The lowest BCUT2D eigenvalue weighted by Gasteiger charge is -2.16. The third kappa shape index (κ3) is 5.30. The molecular weight excluding hydrogens is 402 g/mol. The summed E-state index contributed by atoms with van der Waals surface area (Å²) in [5.74, 6) is -0.726. The SMILES string of the molecule is CSCc1c(C(=O)OCC(=O)NC(Cc2ccccc2)C(C)=O)oc2ccccc12. The zero-order valence-electron chi connectivity index (χ0n) is 16.8. The zero-order chi connectivity index (χ0) is 21.5. The van der Waals surface area contributed by atoms with E-state index in [4.69, 9.17) is 9.15 Å². The number of carbonyl (C=O) groups excluding carboxylic acids is 3. The average Bonchev–Trinajstić information content (AvgIpc) is 3.11. The van der Waals surface area contributed by atoms with Crippen molar-refractivity contribution in [1.29, 1.82) is 0 Å². The number of thioether (sulfide) groups is 1. The molecule has 0 bridgehead atoms. The highest BCUT2D eigenvalue weighted by molar-refractivity contribution is 7.97. The molecule has 1 heterocycles. The van der Waals surface area contributed by atoms with Gasteiger partial charge in [0.05, 0.1) is 6.04 Å². The quantitative estimate of drug-likeness (QED) is 0.525. The third-order valence-corrected chi connectivity index (χ3v) is 5.19. The molecule has 6 nitrogen and oxygen atoms in total. The molecule has 0 saturated heterocycles. The third-order valence-electron chi connectivity index (χ3n) is 4.62. The second kappa shape index (κ2) is 10.1. The van der Waals surface area contributed by atoms with E-state index in [1.165, 1.54) is 6.92 Å². The number of benzene rings is 2. The molecule has 3 rings (SSSR count). The summed E-state index contributed by atoms with van der Waals surface area (Å²) in [7, 11) is 0. The molecule has 1 amide bonds. The topological polar surface area (TPSA) is 85.6 Å². The Hall–Kier alpha value is -3.06. The fourth-order valence-corrected chi connectivity index (χ4v) is 3.71. The lowest BCUT2D eigenvalue weighted by atomic mass is 10.0. The van der Waals surface area contributed by atoms with Gasteiger partial charge in [0.25, 0.3) is 5.91 Å². The zero-order valence-corrected chi connectivity index (χ0v) is 17.7. The average molecular weight is 426 g/mol. The smallest absolute Gasteiger partial charge is 0.375 e. The fraction of sp³-hybridized carbons (Fsp3) is 0.261. The maximum Gasteiger partial charge on any atom is 0.375 e. The number of ether oxygens (including phenoxy) is 1. The van der Waals surface area contributed by atoms with Gasteiger partial charge in [0.15, 0.2) is 12.4 Å². The van der Waals surface area contributed by atoms with Crippen molar-refractivity contribution in [2.24, 2.45) is 0 Å². The Morgan fingerprint density at radius 3 is 2.47 bits per heavy atom. The number of ketones is 1. The Balaban J connectivity index is 1.64. The molecule has 0 aliphatic heterocycles. The van der Waals surface area contributed by atoms with Gasteiger partial charge in [-0.15, -0.1) is 0 Å². The van der Waals surface area contributed by atoms with Crippen molar-refractivity contribution in [3.8, 4) is 0 Å². The summed E-state index contributed by atoms with van der Waals surface area (Å²) in [5, 5.41) is 3.49. The summed E-state index contributed by atoms with van der Waals surface area (Å²) in [5.41, 5.74) is 2.27. The first-order chi connectivity index (χ1) is 14.5. The molecule has 30 heavy (non-hydrogen) atoms. The van der Waals surface area contributed by atoms with E-state index < -0.39 is 24.5 Å². The van der Waals surface area contributed by atoms with Crippen molar-refractivity contribution in [2.75, 3.05) is 12.9 Å². The normalized spacial score (nSPS) is 11.8. The minimum absolute atomic E-state index is 0.103. The largest absolute Gasteiger partial charge is 0.450 e. The fourth-order valence-electron chi connectivity index (χ4n) is 3.13. The minimum Gasteiger partial charge on any atom is -0.450 e. The molecule has 0 aliphatic rings. The summed E-state index contributed by atoms with van der Waals surface area (Å²) < 4.78 is 10.8. The summed E-state index contributed by atoms with van der Waals surface area (Å²) in [6, 6.07) is 16.1. The van der Waals surface area contributed by atoms with E-state index in [2.05, 4.69) is 5.32 Å². The van der Waals surface area contributed by atoms with Gasteiger partial charge in [-0.25, -0.2) is 4.79 Å². The summed E-state index contributed by atoms with van der Waals surface area (Å²) >= 11 is 1.56. The highest BCUT2D eigenvalue weighted by atomic mass is 32.2. The first-order valence-electron chi connectivity index (χ1n) is 9.49. The molecule has 1 unspecified atom stereocenters. The molecule has 0 saturated carbocycles. The first kappa shape index (κ1) is 21.6. The lowest BCUT2D eigenvalue weighted by molar-refractivity contribution is -0.128. The van der Waals surface area contributed by atoms with Gasteiger partial charge >= 0.3 is 5.97 Å². The van der Waals surface area contributed by atoms with Crippen LogP contribution in [0.25, 0.3) is 11.0 Å². The van der Waals surface area contributed by atoms with Gasteiger partial charge in [0, 0.05) is 16.7 Å². The molecule has 0 radical (unpaired) electrons. The second-order valence-corrected chi connectivity index (χ2v) is 7.70. The van der Waals surface area contributed by atoms with Crippen LogP contribution in [0, 0.1) is 0 Å². The number of nitrogens with one attached hydrogen (secondary N) is 1. The van der Waals surface area contributed by atoms with E-state index in [9.17, 15) is 14.4 Å². The molecule has 156 valence electrons. The number of hydrogen-bond acceptors (Lipinski definition) is 6. The number of Topliss-reactive ketones (excluding diaryl/α,β-unsaturated/α-hetero) is 1. The first-order valence-corrected chi connectivity index (χ1v) is 10.9. The Morgan fingerprint density at radius 2 is 1.77 bits per heavy atom. The number of rotatable bonds is 9. The monoisotopic (exact) mass is 425 g/mol. The number of hydrogen-bond donors (Lipinski definition) is 1. The number of fused-ring (bicyclic) bond motifs is 1. The van der Waals surface area contributed by atoms with Gasteiger partial charge in [-0.3, -0.25) is 9.59 Å². The highest BCUT2D eigenvalue weighted by Gasteiger charge is 2.23. The number of furan rings is 1. The standard InChI is InChI=1S/C23H23NO5S/c1-15(25)19(12-16-8-4-3-5-9-16)24-21(26)13-28-23(27)22-18(14-30-2)17-10-6-7-11-20(17)29-22/h3-11,19H,12-14H2,1-2H3,(H,24,26). The molecule has 7 heteroatoms. The van der Waals surface area contributed by atoms with Gasteiger partial charge < -0.3 is 14.5 Å². The molecule has 1 aromatic heterocycles. The van der Waals surface area contributed by atoms with Crippen molar-refractivity contribution in [3.05, 3.63) is 71.5 Å². The number of para-hydroxylation sites is 1. The minimum atomic E-state index is -0.701. The van der Waals surface area contributed by atoms with Crippen LogP contribution >= 0.6 is 11.8 Å². The van der Waals surface area contributed by atoms with Crippen LogP contribution in [0.2, 0.25) is 0 Å². The van der Waals surface area contributed by atoms with Gasteiger partial charge in [-0.2, -0.15) is 11.8 Å². The highest BCUT2D eigenvalue weighted by Crippen LogP contribution is 2.29. The molecule has 0 aliphatic carbocycles. The van der Waals surface area contributed by atoms with Crippen LogP contribution in [0.15, 0.2) is 59.0 Å². The maximum atomic E-state index is 12.6. The molecular formula is C23H23NO5S. The van der Waals surface area contributed by atoms with Crippen molar-refractivity contribution < 1.29 is 23.5 Å².